The van der Waals surface area contributed by atoms with Gasteiger partial charge in [0.25, 0.3) is 5.69 Å². The first-order chi connectivity index (χ1) is 12.6. The van der Waals surface area contributed by atoms with Crippen molar-refractivity contribution in [3.8, 4) is 0 Å². The van der Waals surface area contributed by atoms with Gasteiger partial charge in [0.05, 0.1) is 11.5 Å². The highest BCUT2D eigenvalue weighted by molar-refractivity contribution is 8.13. The van der Waals surface area contributed by atoms with Crippen molar-refractivity contribution in [1.82, 2.24) is 5.32 Å². The molecule has 1 aromatic rings. The summed E-state index contributed by atoms with van der Waals surface area (Å²) in [4.78, 5) is 27.4. The van der Waals surface area contributed by atoms with Crippen LogP contribution in [0.1, 0.15) is 52.0 Å². The van der Waals surface area contributed by atoms with Crippen molar-refractivity contribution in [2.45, 2.75) is 57.5 Å². The van der Waals surface area contributed by atoms with E-state index < -0.39 is 11.7 Å². The Kier molecular flexibility index (Phi) is 6.86. The number of nitro benzene ring substituents is 1. The molecule has 1 amide bonds. The van der Waals surface area contributed by atoms with E-state index in [0.29, 0.717) is 11.7 Å². The molecular formula is C19H27N3O4S. The number of rotatable bonds is 4. The molecule has 1 aliphatic rings. The molecule has 0 atom stereocenters. The second kappa shape index (κ2) is 8.73. The van der Waals surface area contributed by atoms with E-state index in [0.717, 1.165) is 31.2 Å². The van der Waals surface area contributed by atoms with Crippen molar-refractivity contribution >= 4 is 28.7 Å². The molecule has 1 aliphatic carbocycles. The molecule has 2 rings (SSSR count). The second-order valence-corrected chi connectivity index (χ2v) is 8.54. The van der Waals surface area contributed by atoms with Gasteiger partial charge in [0, 0.05) is 17.5 Å². The molecule has 0 bridgehead atoms. The molecule has 0 spiro atoms. The minimum atomic E-state index is -0.580. The lowest BCUT2D eigenvalue weighted by atomic mass is 9.79. The van der Waals surface area contributed by atoms with Crippen molar-refractivity contribution in [2.75, 3.05) is 12.8 Å². The highest BCUT2D eigenvalue weighted by Gasteiger charge is 2.36. The zero-order valence-corrected chi connectivity index (χ0v) is 17.1. The minimum Gasteiger partial charge on any atom is -0.444 e. The lowest BCUT2D eigenvalue weighted by Crippen LogP contribution is -2.36. The number of nitro groups is 1. The van der Waals surface area contributed by atoms with E-state index >= 15 is 0 Å². The van der Waals surface area contributed by atoms with Gasteiger partial charge in [-0.05, 0) is 45.4 Å². The van der Waals surface area contributed by atoms with Crippen molar-refractivity contribution in [3.05, 3.63) is 39.9 Å². The summed E-state index contributed by atoms with van der Waals surface area (Å²) in [6.07, 6.45) is 5.27. The number of benzene rings is 1. The van der Waals surface area contributed by atoms with Crippen LogP contribution in [0.4, 0.5) is 10.5 Å². The Morgan fingerprint density at radius 2 is 2.04 bits per heavy atom. The smallest absolute Gasteiger partial charge is 0.413 e. The zero-order valence-electron chi connectivity index (χ0n) is 16.3. The molecule has 0 unspecified atom stereocenters. The lowest BCUT2D eigenvalue weighted by Gasteiger charge is -2.28. The molecule has 0 aromatic heterocycles. The number of hydrogen-bond donors (Lipinski definition) is 1. The predicted molar refractivity (Wildman–Crippen MR) is 108 cm³/mol. The van der Waals surface area contributed by atoms with E-state index in [1.165, 1.54) is 17.8 Å². The number of aliphatic imine (C=N–C) groups is 1. The Balaban J connectivity index is 2.19. The number of ether oxygens (including phenoxy) is 1. The van der Waals surface area contributed by atoms with Crippen molar-refractivity contribution in [1.29, 1.82) is 0 Å². The molecule has 1 aromatic carbocycles. The van der Waals surface area contributed by atoms with Crippen molar-refractivity contribution < 1.29 is 14.5 Å². The van der Waals surface area contributed by atoms with Crippen LogP contribution >= 0.6 is 11.8 Å². The van der Waals surface area contributed by atoms with E-state index in [4.69, 9.17) is 4.74 Å². The maximum Gasteiger partial charge on any atom is 0.413 e. The third-order valence-corrected chi connectivity index (χ3v) is 5.17. The van der Waals surface area contributed by atoms with Crippen LogP contribution in [0.25, 0.3) is 0 Å². The van der Waals surface area contributed by atoms with Gasteiger partial charge >= 0.3 is 6.09 Å². The standard InChI is InChI=1S/C19H27N3O4S/c1-18(2,3)26-17(23)21-16(27-4)20-13-19(10-5-6-11-19)14-8-7-9-15(12-14)22(24)25/h7-9,12H,5-6,10-11,13H2,1-4H3,(H,20,21,23). The summed E-state index contributed by atoms with van der Waals surface area (Å²) in [6, 6.07) is 6.83. The van der Waals surface area contributed by atoms with Gasteiger partial charge in [-0.3, -0.25) is 20.4 Å². The van der Waals surface area contributed by atoms with Gasteiger partial charge in [-0.15, -0.1) is 0 Å². The zero-order chi connectivity index (χ0) is 20.1. The number of non-ortho nitro benzene ring substituents is 1. The van der Waals surface area contributed by atoms with Gasteiger partial charge in [-0.25, -0.2) is 4.79 Å². The number of nitrogens with zero attached hydrogens (tertiary/aromatic N) is 2. The number of carbonyl (C=O) groups excluding carboxylic acids is 1. The molecule has 0 aliphatic heterocycles. The third kappa shape index (κ3) is 5.95. The summed E-state index contributed by atoms with van der Waals surface area (Å²) in [5, 5.41) is 14.3. The fourth-order valence-corrected chi connectivity index (χ4v) is 3.69. The highest BCUT2D eigenvalue weighted by Crippen LogP contribution is 2.42. The topological polar surface area (TPSA) is 93.8 Å². The summed E-state index contributed by atoms with van der Waals surface area (Å²) in [5.41, 5.74) is 0.224. The van der Waals surface area contributed by atoms with Gasteiger partial charge in [-0.2, -0.15) is 0 Å². The normalized spacial score (nSPS) is 16.8. The highest BCUT2D eigenvalue weighted by atomic mass is 32.2. The second-order valence-electron chi connectivity index (χ2n) is 7.75. The lowest BCUT2D eigenvalue weighted by molar-refractivity contribution is -0.385. The predicted octanol–water partition coefficient (Wildman–Crippen LogP) is 4.65. The molecule has 27 heavy (non-hydrogen) atoms. The third-order valence-electron chi connectivity index (χ3n) is 4.56. The van der Waals surface area contributed by atoms with E-state index in [2.05, 4.69) is 10.3 Å². The van der Waals surface area contributed by atoms with Crippen LogP contribution in [-0.2, 0) is 10.2 Å². The minimum absolute atomic E-state index is 0.0970. The van der Waals surface area contributed by atoms with Gasteiger partial charge in [0.2, 0.25) is 0 Å². The van der Waals surface area contributed by atoms with Gasteiger partial charge in [-0.1, -0.05) is 36.7 Å². The van der Waals surface area contributed by atoms with E-state index in [9.17, 15) is 14.9 Å². The molecule has 0 saturated heterocycles. The first-order valence-corrected chi connectivity index (χ1v) is 10.2. The summed E-state index contributed by atoms with van der Waals surface area (Å²) >= 11 is 1.34. The van der Waals surface area contributed by atoms with Gasteiger partial charge < -0.3 is 4.74 Å². The van der Waals surface area contributed by atoms with Crippen LogP contribution in [0.5, 0.6) is 0 Å². The molecule has 0 radical (unpaired) electrons. The summed E-state index contributed by atoms with van der Waals surface area (Å²) in [5.74, 6) is 0. The fourth-order valence-electron chi connectivity index (χ4n) is 3.31. The van der Waals surface area contributed by atoms with Crippen LogP contribution in [0.2, 0.25) is 0 Å². The summed E-state index contributed by atoms with van der Waals surface area (Å²) in [6.45, 7) is 5.88. The largest absolute Gasteiger partial charge is 0.444 e. The maximum absolute atomic E-state index is 12.0. The van der Waals surface area contributed by atoms with E-state index in [1.54, 1.807) is 32.9 Å². The van der Waals surface area contributed by atoms with Crippen LogP contribution in [-0.4, -0.2) is 34.6 Å². The molecule has 0 heterocycles. The average molecular weight is 394 g/mol. The Hall–Kier alpha value is -2.09. The average Bonchev–Trinajstić information content (AvgIpc) is 3.07. The fraction of sp³-hybridized carbons (Fsp3) is 0.579. The molecule has 148 valence electrons. The number of thioether (sulfide) groups is 1. The van der Waals surface area contributed by atoms with Crippen LogP contribution in [0, 0.1) is 10.1 Å². The molecule has 7 nitrogen and oxygen atoms in total. The number of amides is 1. The van der Waals surface area contributed by atoms with Crippen LogP contribution in [0.3, 0.4) is 0 Å². The summed E-state index contributed by atoms with van der Waals surface area (Å²) in [7, 11) is 0. The van der Waals surface area contributed by atoms with Crippen molar-refractivity contribution in [2.24, 2.45) is 4.99 Å². The van der Waals surface area contributed by atoms with Gasteiger partial charge in [0.1, 0.15) is 5.60 Å². The molecule has 8 heteroatoms. The quantitative estimate of drug-likeness (QED) is 0.348. The van der Waals surface area contributed by atoms with Crippen molar-refractivity contribution in [3.63, 3.8) is 0 Å². The Bertz CT molecular complexity index is 722. The first kappa shape index (κ1) is 21.2. The number of amidine groups is 1. The molecule has 1 fully saturated rings. The Labute approximate surface area is 164 Å². The maximum atomic E-state index is 12.0. The molecular weight excluding hydrogens is 366 g/mol. The number of hydrogen-bond acceptors (Lipinski definition) is 6. The van der Waals surface area contributed by atoms with E-state index in [1.807, 2.05) is 12.3 Å². The number of carbonyl (C=O) groups is 1. The molecule has 1 N–H and O–H groups in total. The van der Waals surface area contributed by atoms with Crippen LogP contribution < -0.4 is 5.32 Å². The monoisotopic (exact) mass is 393 g/mol. The first-order valence-electron chi connectivity index (χ1n) is 8.99. The number of nitrogens with one attached hydrogen (secondary N) is 1. The van der Waals surface area contributed by atoms with Crippen LogP contribution in [0.15, 0.2) is 29.3 Å². The van der Waals surface area contributed by atoms with E-state index in [-0.39, 0.29) is 16.0 Å². The summed E-state index contributed by atoms with van der Waals surface area (Å²) < 4.78 is 5.27. The molecule has 1 saturated carbocycles. The Morgan fingerprint density at radius 1 is 1.37 bits per heavy atom. The SMILES string of the molecule is CSC(=NCC1(c2cccc([N+](=O)[O-])c2)CCCC1)NC(=O)OC(C)(C)C. The van der Waals surface area contributed by atoms with Gasteiger partial charge in [0.15, 0.2) is 5.17 Å². The Morgan fingerprint density at radius 3 is 2.59 bits per heavy atom. The number of alkyl carbamates (subject to hydrolysis) is 1.